The summed E-state index contributed by atoms with van der Waals surface area (Å²) in [4.78, 5) is 14.4. The van der Waals surface area contributed by atoms with E-state index in [-0.39, 0.29) is 11.8 Å². The fraction of sp³-hybridized carbons (Fsp3) is 0.591. The summed E-state index contributed by atoms with van der Waals surface area (Å²) < 4.78 is 19.8. The molecule has 0 saturated heterocycles. The number of allylic oxidation sites excluding steroid dienone is 1. The second-order valence-electron chi connectivity index (χ2n) is 9.14. The number of carbonyl (C=O) groups is 1. The van der Waals surface area contributed by atoms with Crippen LogP contribution in [0.5, 0.6) is 5.75 Å². The standard InChI is InChI=1S/C22H30FNO2/c1-22(2,3)21(25)26-18-11-16(10-17(23)12-18)19-9-14-6-7-15(8-14)20(19)13-24(4)5/h9-12,14-15,20H,6-8,13H2,1-5H3. The number of carbonyl (C=O) groups excluding carboxylic acids is 1. The van der Waals surface area contributed by atoms with Gasteiger partial charge in [0.15, 0.2) is 0 Å². The predicted molar refractivity (Wildman–Crippen MR) is 102 cm³/mol. The van der Waals surface area contributed by atoms with Crippen LogP contribution in [0.1, 0.15) is 45.6 Å². The number of halogens is 1. The van der Waals surface area contributed by atoms with E-state index in [4.69, 9.17) is 4.74 Å². The Labute approximate surface area is 156 Å². The maximum atomic E-state index is 14.3. The van der Waals surface area contributed by atoms with E-state index in [0.29, 0.717) is 23.5 Å². The number of benzene rings is 1. The van der Waals surface area contributed by atoms with Gasteiger partial charge in [-0.3, -0.25) is 4.79 Å². The molecule has 0 aromatic heterocycles. The van der Waals surface area contributed by atoms with Gasteiger partial charge in [-0.2, -0.15) is 0 Å². The number of ether oxygens (including phenoxy) is 1. The largest absolute Gasteiger partial charge is 0.426 e. The summed E-state index contributed by atoms with van der Waals surface area (Å²) in [5.74, 6) is 1.24. The van der Waals surface area contributed by atoms with E-state index in [0.717, 1.165) is 12.1 Å². The highest BCUT2D eigenvalue weighted by Gasteiger charge is 2.37. The van der Waals surface area contributed by atoms with Crippen LogP contribution in [0.15, 0.2) is 24.3 Å². The van der Waals surface area contributed by atoms with Gasteiger partial charge in [-0.1, -0.05) is 6.08 Å². The maximum absolute atomic E-state index is 14.3. The summed E-state index contributed by atoms with van der Waals surface area (Å²) in [6.07, 6.45) is 6.04. The molecule has 4 heteroatoms. The molecule has 1 fully saturated rings. The highest BCUT2D eigenvalue weighted by Crippen LogP contribution is 2.48. The minimum absolute atomic E-state index is 0.294. The Morgan fingerprint density at radius 2 is 1.96 bits per heavy atom. The molecule has 2 bridgehead atoms. The third-order valence-electron chi connectivity index (χ3n) is 5.49. The van der Waals surface area contributed by atoms with Gasteiger partial charge in [0, 0.05) is 12.6 Å². The molecule has 0 radical (unpaired) electrons. The molecular formula is C22H30FNO2. The lowest BCUT2D eigenvalue weighted by molar-refractivity contribution is -0.143. The lowest BCUT2D eigenvalue weighted by Gasteiger charge is -2.33. The lowest BCUT2D eigenvalue weighted by atomic mass is 9.76. The monoisotopic (exact) mass is 359 g/mol. The van der Waals surface area contributed by atoms with Crippen molar-refractivity contribution in [1.82, 2.24) is 4.90 Å². The molecule has 26 heavy (non-hydrogen) atoms. The van der Waals surface area contributed by atoms with E-state index in [2.05, 4.69) is 25.1 Å². The smallest absolute Gasteiger partial charge is 0.316 e. The fourth-order valence-corrected chi connectivity index (χ4v) is 4.20. The van der Waals surface area contributed by atoms with Gasteiger partial charge >= 0.3 is 5.97 Å². The number of rotatable bonds is 4. The molecule has 1 aromatic rings. The Kier molecular flexibility index (Phi) is 5.25. The van der Waals surface area contributed by atoms with Crippen molar-refractivity contribution in [2.75, 3.05) is 20.6 Å². The minimum Gasteiger partial charge on any atom is -0.426 e. The molecule has 142 valence electrons. The first-order valence-electron chi connectivity index (χ1n) is 9.53. The molecule has 3 atom stereocenters. The molecular weight excluding hydrogens is 329 g/mol. The molecule has 1 saturated carbocycles. The summed E-state index contributed by atoms with van der Waals surface area (Å²) in [6, 6.07) is 4.70. The van der Waals surface area contributed by atoms with E-state index in [1.807, 2.05) is 6.07 Å². The topological polar surface area (TPSA) is 29.5 Å². The number of hydrogen-bond acceptors (Lipinski definition) is 3. The van der Waals surface area contributed by atoms with Crippen molar-refractivity contribution in [1.29, 1.82) is 0 Å². The van der Waals surface area contributed by atoms with Crippen molar-refractivity contribution in [3.8, 4) is 5.75 Å². The van der Waals surface area contributed by atoms with Gasteiger partial charge in [0.2, 0.25) is 0 Å². The van der Waals surface area contributed by atoms with Crippen LogP contribution in [0.25, 0.3) is 5.57 Å². The van der Waals surface area contributed by atoms with Gasteiger partial charge in [0.25, 0.3) is 0 Å². The normalized spacial score (nSPS) is 25.3. The van der Waals surface area contributed by atoms with Crippen molar-refractivity contribution in [3.05, 3.63) is 35.7 Å². The number of fused-ring (bicyclic) bond motifs is 2. The van der Waals surface area contributed by atoms with Crippen molar-refractivity contribution < 1.29 is 13.9 Å². The van der Waals surface area contributed by atoms with E-state index in [1.165, 1.54) is 30.9 Å². The zero-order chi connectivity index (χ0) is 19.1. The van der Waals surface area contributed by atoms with Crippen molar-refractivity contribution in [2.45, 2.75) is 40.0 Å². The Balaban J connectivity index is 1.93. The second kappa shape index (κ2) is 7.15. The summed E-state index contributed by atoms with van der Waals surface area (Å²) in [5, 5.41) is 0. The summed E-state index contributed by atoms with van der Waals surface area (Å²) in [7, 11) is 4.17. The van der Waals surface area contributed by atoms with Crippen LogP contribution in [0.2, 0.25) is 0 Å². The predicted octanol–water partition coefficient (Wildman–Crippen LogP) is 4.77. The second-order valence-corrected chi connectivity index (χ2v) is 9.14. The molecule has 3 nitrogen and oxygen atoms in total. The first kappa shape index (κ1) is 19.1. The van der Waals surface area contributed by atoms with Crippen LogP contribution >= 0.6 is 0 Å². The van der Waals surface area contributed by atoms with Crippen LogP contribution in [0.3, 0.4) is 0 Å². The zero-order valence-electron chi connectivity index (χ0n) is 16.5. The summed E-state index contributed by atoms with van der Waals surface area (Å²) in [5.41, 5.74) is 1.44. The van der Waals surface area contributed by atoms with Gasteiger partial charge < -0.3 is 9.64 Å². The molecule has 0 aliphatic heterocycles. The van der Waals surface area contributed by atoms with Crippen LogP contribution < -0.4 is 4.74 Å². The fourth-order valence-electron chi connectivity index (χ4n) is 4.20. The molecule has 2 aliphatic rings. The van der Waals surface area contributed by atoms with Gasteiger partial charge in [0.1, 0.15) is 11.6 Å². The van der Waals surface area contributed by atoms with Gasteiger partial charge in [0.05, 0.1) is 5.41 Å². The minimum atomic E-state index is -0.622. The third kappa shape index (κ3) is 4.17. The Bertz CT molecular complexity index is 717. The molecule has 0 N–H and O–H groups in total. The maximum Gasteiger partial charge on any atom is 0.316 e. The number of hydrogen-bond donors (Lipinski definition) is 0. The lowest BCUT2D eigenvalue weighted by Crippen LogP contribution is -2.29. The zero-order valence-corrected chi connectivity index (χ0v) is 16.5. The Morgan fingerprint density at radius 1 is 1.23 bits per heavy atom. The van der Waals surface area contributed by atoms with Crippen molar-refractivity contribution in [3.63, 3.8) is 0 Å². The molecule has 0 amide bonds. The van der Waals surface area contributed by atoms with Crippen molar-refractivity contribution in [2.24, 2.45) is 23.2 Å². The average molecular weight is 359 g/mol. The third-order valence-corrected chi connectivity index (χ3v) is 5.49. The molecule has 1 aromatic carbocycles. The van der Waals surface area contributed by atoms with Crippen LogP contribution in [0, 0.1) is 29.0 Å². The van der Waals surface area contributed by atoms with E-state index in [1.54, 1.807) is 26.8 Å². The highest BCUT2D eigenvalue weighted by molar-refractivity contribution is 5.78. The molecule has 2 aliphatic carbocycles. The molecule has 3 unspecified atom stereocenters. The Hall–Kier alpha value is -1.68. The van der Waals surface area contributed by atoms with Gasteiger partial charge in [-0.25, -0.2) is 4.39 Å². The quantitative estimate of drug-likeness (QED) is 0.573. The summed E-state index contributed by atoms with van der Waals surface area (Å²) >= 11 is 0. The average Bonchev–Trinajstić information content (AvgIpc) is 2.91. The summed E-state index contributed by atoms with van der Waals surface area (Å²) in [6.45, 7) is 6.34. The molecule has 3 rings (SSSR count). The molecule has 0 heterocycles. The van der Waals surface area contributed by atoms with E-state index >= 15 is 0 Å². The highest BCUT2D eigenvalue weighted by atomic mass is 19.1. The molecule has 0 spiro atoms. The van der Waals surface area contributed by atoms with Gasteiger partial charge in [-0.15, -0.1) is 0 Å². The Morgan fingerprint density at radius 3 is 2.62 bits per heavy atom. The van der Waals surface area contributed by atoms with Crippen molar-refractivity contribution >= 4 is 11.5 Å². The first-order valence-corrected chi connectivity index (χ1v) is 9.53. The number of nitrogens with zero attached hydrogens (tertiary/aromatic N) is 1. The number of esters is 1. The van der Waals surface area contributed by atoms with Gasteiger partial charge in [-0.05, 0) is 95.2 Å². The van der Waals surface area contributed by atoms with Crippen LogP contribution in [0.4, 0.5) is 4.39 Å². The van der Waals surface area contributed by atoms with E-state index in [9.17, 15) is 9.18 Å². The van der Waals surface area contributed by atoms with Crippen LogP contribution in [-0.2, 0) is 4.79 Å². The first-order chi connectivity index (χ1) is 12.1. The SMILES string of the molecule is CN(C)CC1C(c2cc(F)cc(OC(=O)C(C)(C)C)c2)=CC2CCC1C2. The van der Waals surface area contributed by atoms with E-state index < -0.39 is 5.41 Å². The van der Waals surface area contributed by atoms with Crippen LogP contribution in [-0.4, -0.2) is 31.5 Å².